The third kappa shape index (κ3) is 7.86. The van der Waals surface area contributed by atoms with E-state index in [4.69, 9.17) is 9.47 Å². The molecule has 2 unspecified atom stereocenters. The Bertz CT molecular complexity index is 403. The fraction of sp³-hybridized carbons (Fsp3) is 0.947. The zero-order valence-electron chi connectivity index (χ0n) is 17.1. The van der Waals surface area contributed by atoms with Crippen molar-refractivity contribution < 1.29 is 9.47 Å². The number of ether oxygens (including phenoxy) is 2. The lowest BCUT2D eigenvalue weighted by atomic mass is 9.98. The van der Waals surface area contributed by atoms with Crippen molar-refractivity contribution in [2.75, 3.05) is 66.7 Å². The van der Waals surface area contributed by atoms with Crippen LogP contribution in [0, 0.1) is 11.8 Å². The average molecular weight is 482 g/mol. The second-order valence-electron chi connectivity index (χ2n) is 7.66. The zero-order valence-corrected chi connectivity index (χ0v) is 19.4. The average Bonchev–Trinajstić information content (AvgIpc) is 3.08. The molecule has 2 saturated heterocycles. The van der Waals surface area contributed by atoms with Crippen molar-refractivity contribution in [3.8, 4) is 0 Å². The first-order chi connectivity index (χ1) is 12.1. The first-order valence-corrected chi connectivity index (χ1v) is 9.90. The monoisotopic (exact) mass is 482 g/mol. The van der Waals surface area contributed by atoms with Crippen molar-refractivity contribution in [3.63, 3.8) is 0 Å². The Hall–Kier alpha value is -0.120. The van der Waals surface area contributed by atoms with Gasteiger partial charge in [-0.05, 0) is 45.2 Å². The van der Waals surface area contributed by atoms with Gasteiger partial charge in [0.05, 0.1) is 19.8 Å². The van der Waals surface area contributed by atoms with Crippen molar-refractivity contribution in [2.45, 2.75) is 39.2 Å². The van der Waals surface area contributed by atoms with E-state index in [0.29, 0.717) is 25.2 Å². The number of nitrogens with one attached hydrogen (secondary N) is 1. The smallest absolute Gasteiger partial charge is 0.193 e. The molecule has 2 heterocycles. The molecule has 2 aliphatic rings. The maximum absolute atomic E-state index is 5.69. The van der Waals surface area contributed by atoms with Crippen LogP contribution in [0.4, 0.5) is 0 Å². The molecule has 2 atom stereocenters. The summed E-state index contributed by atoms with van der Waals surface area (Å²) in [5, 5.41) is 3.59. The number of rotatable bonds is 8. The Kier molecular flexibility index (Phi) is 12.1. The van der Waals surface area contributed by atoms with E-state index in [0.717, 1.165) is 38.1 Å². The number of methoxy groups -OCH3 is 1. The van der Waals surface area contributed by atoms with Crippen molar-refractivity contribution in [3.05, 3.63) is 0 Å². The van der Waals surface area contributed by atoms with Crippen molar-refractivity contribution in [1.82, 2.24) is 15.1 Å². The highest BCUT2D eigenvalue weighted by atomic mass is 127. The van der Waals surface area contributed by atoms with E-state index >= 15 is 0 Å². The van der Waals surface area contributed by atoms with Gasteiger partial charge in [-0.15, -0.1) is 24.0 Å². The quantitative estimate of drug-likeness (QED) is 0.249. The van der Waals surface area contributed by atoms with E-state index in [1.54, 1.807) is 7.11 Å². The third-order valence-electron chi connectivity index (χ3n) is 5.58. The molecule has 2 rings (SSSR count). The number of guanidine groups is 1. The van der Waals surface area contributed by atoms with Crippen LogP contribution >= 0.6 is 24.0 Å². The Morgan fingerprint density at radius 1 is 1.19 bits per heavy atom. The third-order valence-corrected chi connectivity index (χ3v) is 5.58. The van der Waals surface area contributed by atoms with Gasteiger partial charge in [0.15, 0.2) is 5.96 Å². The predicted octanol–water partition coefficient (Wildman–Crippen LogP) is 2.29. The number of halogens is 1. The zero-order chi connectivity index (χ0) is 18.1. The molecule has 6 nitrogen and oxygen atoms in total. The molecular formula is C19H39IN4O2. The summed E-state index contributed by atoms with van der Waals surface area (Å²) in [6.07, 6.45) is 3.83. The molecule has 2 fully saturated rings. The minimum Gasteiger partial charge on any atom is -0.382 e. The van der Waals surface area contributed by atoms with Gasteiger partial charge in [0.2, 0.25) is 0 Å². The van der Waals surface area contributed by atoms with Gasteiger partial charge in [0.25, 0.3) is 0 Å². The fourth-order valence-electron chi connectivity index (χ4n) is 3.72. The highest BCUT2D eigenvalue weighted by molar-refractivity contribution is 14.0. The molecule has 0 aromatic carbocycles. The highest BCUT2D eigenvalue weighted by Gasteiger charge is 2.26. The van der Waals surface area contributed by atoms with Crippen LogP contribution in [-0.2, 0) is 9.47 Å². The van der Waals surface area contributed by atoms with E-state index in [1.807, 2.05) is 7.05 Å². The summed E-state index contributed by atoms with van der Waals surface area (Å²) in [5.41, 5.74) is 0. The SMILES string of the molecule is CN=C(NCC(C)N1CCC(C)CC1)N1CCC(COCCOC)C1.I. The molecule has 0 bridgehead atoms. The van der Waals surface area contributed by atoms with E-state index in [1.165, 1.54) is 32.4 Å². The van der Waals surface area contributed by atoms with Crippen LogP contribution in [-0.4, -0.2) is 88.5 Å². The first-order valence-electron chi connectivity index (χ1n) is 9.90. The van der Waals surface area contributed by atoms with Gasteiger partial charge in [-0.3, -0.25) is 9.89 Å². The maximum Gasteiger partial charge on any atom is 0.193 e. The lowest BCUT2D eigenvalue weighted by molar-refractivity contribution is 0.0536. The lowest BCUT2D eigenvalue weighted by Gasteiger charge is -2.35. The topological polar surface area (TPSA) is 49.3 Å². The molecule has 26 heavy (non-hydrogen) atoms. The van der Waals surface area contributed by atoms with Gasteiger partial charge in [-0.25, -0.2) is 0 Å². The van der Waals surface area contributed by atoms with E-state index < -0.39 is 0 Å². The normalized spacial score (nSPS) is 23.8. The Morgan fingerprint density at radius 2 is 1.92 bits per heavy atom. The van der Waals surface area contributed by atoms with Gasteiger partial charge in [0.1, 0.15) is 0 Å². The Balaban J connectivity index is 0.00000338. The second-order valence-corrected chi connectivity index (χ2v) is 7.66. The highest BCUT2D eigenvalue weighted by Crippen LogP contribution is 2.18. The van der Waals surface area contributed by atoms with Gasteiger partial charge < -0.3 is 19.7 Å². The molecule has 154 valence electrons. The van der Waals surface area contributed by atoms with Crippen LogP contribution in [0.2, 0.25) is 0 Å². The van der Waals surface area contributed by atoms with Crippen molar-refractivity contribution in [1.29, 1.82) is 0 Å². The van der Waals surface area contributed by atoms with Crippen LogP contribution in [0.25, 0.3) is 0 Å². The largest absolute Gasteiger partial charge is 0.382 e. The molecule has 1 N–H and O–H groups in total. The fourth-order valence-corrected chi connectivity index (χ4v) is 3.72. The number of aliphatic imine (C=N–C) groups is 1. The molecule has 0 radical (unpaired) electrons. The molecular weight excluding hydrogens is 443 g/mol. The van der Waals surface area contributed by atoms with E-state index in [2.05, 4.69) is 34.0 Å². The second kappa shape index (κ2) is 13.1. The lowest BCUT2D eigenvalue weighted by Crippen LogP contribution is -2.48. The van der Waals surface area contributed by atoms with Crippen molar-refractivity contribution in [2.24, 2.45) is 16.8 Å². The number of hydrogen-bond acceptors (Lipinski definition) is 4. The van der Waals surface area contributed by atoms with Gasteiger partial charge in [-0.1, -0.05) is 6.92 Å². The molecule has 0 spiro atoms. The summed E-state index contributed by atoms with van der Waals surface area (Å²) >= 11 is 0. The van der Waals surface area contributed by atoms with Gasteiger partial charge in [-0.2, -0.15) is 0 Å². The van der Waals surface area contributed by atoms with Gasteiger partial charge >= 0.3 is 0 Å². The van der Waals surface area contributed by atoms with Crippen molar-refractivity contribution >= 4 is 29.9 Å². The molecule has 2 aliphatic heterocycles. The Morgan fingerprint density at radius 3 is 2.58 bits per heavy atom. The number of nitrogens with zero attached hydrogens (tertiary/aromatic N) is 3. The van der Waals surface area contributed by atoms with Gasteiger partial charge in [0, 0.05) is 45.8 Å². The molecule has 0 aliphatic carbocycles. The Labute approximate surface area is 177 Å². The standard InChI is InChI=1S/C19H38N4O2.HI/c1-16-5-8-22(9-6-16)17(2)13-21-19(20-3)23-10-7-18(14-23)15-25-12-11-24-4;/h16-18H,5-15H2,1-4H3,(H,20,21);1H. The molecule has 0 aromatic heterocycles. The molecule has 0 amide bonds. The summed E-state index contributed by atoms with van der Waals surface area (Å²) in [5.74, 6) is 2.52. The minimum absolute atomic E-state index is 0. The van der Waals surface area contributed by atoms with Crippen LogP contribution < -0.4 is 5.32 Å². The number of likely N-dealkylation sites (tertiary alicyclic amines) is 2. The predicted molar refractivity (Wildman–Crippen MR) is 119 cm³/mol. The van der Waals surface area contributed by atoms with E-state index in [9.17, 15) is 0 Å². The maximum atomic E-state index is 5.69. The van der Waals surface area contributed by atoms with Crippen LogP contribution in [0.15, 0.2) is 4.99 Å². The number of hydrogen-bond donors (Lipinski definition) is 1. The molecule has 0 saturated carbocycles. The number of piperidine rings is 1. The summed E-state index contributed by atoms with van der Waals surface area (Å²) in [4.78, 5) is 9.47. The van der Waals surface area contributed by atoms with Crippen LogP contribution in [0.5, 0.6) is 0 Å². The summed E-state index contributed by atoms with van der Waals surface area (Å²) in [6, 6.07) is 0.556. The molecule has 0 aromatic rings. The van der Waals surface area contributed by atoms with Crippen LogP contribution in [0.3, 0.4) is 0 Å². The summed E-state index contributed by atoms with van der Waals surface area (Å²) in [7, 11) is 3.60. The summed E-state index contributed by atoms with van der Waals surface area (Å²) in [6.45, 7) is 12.4. The van der Waals surface area contributed by atoms with E-state index in [-0.39, 0.29) is 24.0 Å². The van der Waals surface area contributed by atoms with Crippen LogP contribution in [0.1, 0.15) is 33.1 Å². The first kappa shape index (κ1) is 23.9. The summed E-state index contributed by atoms with van der Waals surface area (Å²) < 4.78 is 10.7. The minimum atomic E-state index is 0. The molecule has 7 heteroatoms.